The van der Waals surface area contributed by atoms with Crippen molar-refractivity contribution in [2.45, 2.75) is 13.3 Å². The van der Waals surface area contributed by atoms with Crippen molar-refractivity contribution < 1.29 is 0 Å². The van der Waals surface area contributed by atoms with Gasteiger partial charge in [0.05, 0.1) is 6.54 Å². The van der Waals surface area contributed by atoms with E-state index >= 15 is 0 Å². The summed E-state index contributed by atoms with van der Waals surface area (Å²) in [5.74, 6) is 0.916. The average Bonchev–Trinajstić information content (AvgIpc) is 2.52. The molecule has 1 rings (SSSR count). The number of rotatable bonds is 3. The van der Waals surface area contributed by atoms with Crippen LogP contribution in [-0.2, 0) is 0 Å². The summed E-state index contributed by atoms with van der Waals surface area (Å²) in [5, 5.41) is 6.31. The topological polar surface area (TPSA) is 36.4 Å². The van der Waals surface area contributed by atoms with E-state index in [1.54, 1.807) is 0 Å². The number of aliphatic imine (C=N–C) groups is 1. The van der Waals surface area contributed by atoms with E-state index in [-0.39, 0.29) is 0 Å². The van der Waals surface area contributed by atoms with Crippen molar-refractivity contribution in [3.05, 3.63) is 12.2 Å². The van der Waals surface area contributed by atoms with Crippen LogP contribution in [0.5, 0.6) is 0 Å². The Labute approximate surface area is 67.6 Å². The highest BCUT2D eigenvalue weighted by Crippen LogP contribution is 1.93. The van der Waals surface area contributed by atoms with Crippen LogP contribution in [0.2, 0.25) is 0 Å². The molecule has 0 bridgehead atoms. The van der Waals surface area contributed by atoms with Crippen LogP contribution in [0, 0.1) is 0 Å². The highest BCUT2D eigenvalue weighted by molar-refractivity contribution is 5.81. The Morgan fingerprint density at radius 3 is 3.18 bits per heavy atom. The third-order valence-corrected chi connectivity index (χ3v) is 1.68. The molecule has 3 heteroatoms. The van der Waals surface area contributed by atoms with E-state index in [0.717, 1.165) is 32.0 Å². The molecule has 0 amide bonds. The van der Waals surface area contributed by atoms with Gasteiger partial charge in [-0.2, -0.15) is 0 Å². The van der Waals surface area contributed by atoms with Gasteiger partial charge in [0.25, 0.3) is 0 Å². The van der Waals surface area contributed by atoms with Crippen molar-refractivity contribution in [2.75, 3.05) is 19.6 Å². The molecule has 1 heterocycles. The number of guanidine groups is 1. The Balaban J connectivity index is 2.16. The van der Waals surface area contributed by atoms with Gasteiger partial charge in [-0.15, -0.1) is 0 Å². The third kappa shape index (κ3) is 2.62. The summed E-state index contributed by atoms with van der Waals surface area (Å²) in [6, 6.07) is 0. The predicted molar refractivity (Wildman–Crippen MR) is 47.7 cm³/mol. The van der Waals surface area contributed by atoms with Crippen molar-refractivity contribution in [2.24, 2.45) is 4.99 Å². The van der Waals surface area contributed by atoms with Gasteiger partial charge in [-0.05, 0) is 6.42 Å². The summed E-state index contributed by atoms with van der Waals surface area (Å²) in [6.07, 6.45) is 1.03. The van der Waals surface area contributed by atoms with Gasteiger partial charge in [0, 0.05) is 13.1 Å². The largest absolute Gasteiger partial charge is 0.355 e. The molecular formula is C8H15N3. The second-order valence-corrected chi connectivity index (χ2v) is 2.61. The van der Waals surface area contributed by atoms with Crippen molar-refractivity contribution in [1.29, 1.82) is 0 Å². The third-order valence-electron chi connectivity index (χ3n) is 1.68. The molecule has 0 radical (unpaired) electrons. The summed E-state index contributed by atoms with van der Waals surface area (Å²) >= 11 is 0. The summed E-state index contributed by atoms with van der Waals surface area (Å²) < 4.78 is 0. The molecule has 0 atom stereocenters. The first-order valence-electron chi connectivity index (χ1n) is 4.01. The van der Waals surface area contributed by atoms with Gasteiger partial charge in [0.15, 0.2) is 5.96 Å². The molecule has 0 aromatic heterocycles. The van der Waals surface area contributed by atoms with E-state index in [0.29, 0.717) is 0 Å². The fourth-order valence-corrected chi connectivity index (χ4v) is 0.850. The summed E-state index contributed by atoms with van der Waals surface area (Å²) in [7, 11) is 0. The number of hydrogen-bond acceptors (Lipinski definition) is 3. The van der Waals surface area contributed by atoms with Crippen LogP contribution in [0.25, 0.3) is 0 Å². The molecule has 0 fully saturated rings. The normalized spacial score (nSPS) is 15.5. The van der Waals surface area contributed by atoms with E-state index in [4.69, 9.17) is 0 Å². The second-order valence-electron chi connectivity index (χ2n) is 2.61. The Hall–Kier alpha value is -0.990. The number of nitrogens with zero attached hydrogens (tertiary/aromatic N) is 1. The molecule has 0 aromatic carbocycles. The fourth-order valence-electron chi connectivity index (χ4n) is 0.850. The van der Waals surface area contributed by atoms with Crippen LogP contribution in [0.15, 0.2) is 17.1 Å². The smallest absolute Gasteiger partial charge is 0.191 e. The summed E-state index contributed by atoms with van der Waals surface area (Å²) in [4.78, 5) is 4.20. The molecule has 2 N–H and O–H groups in total. The molecule has 1 aliphatic rings. The minimum atomic E-state index is 0.836. The molecular weight excluding hydrogens is 138 g/mol. The van der Waals surface area contributed by atoms with E-state index in [1.807, 2.05) is 0 Å². The lowest BCUT2D eigenvalue weighted by Gasteiger charge is -2.06. The zero-order valence-electron chi connectivity index (χ0n) is 6.98. The standard InChI is InChI=1S/C8H15N3/c1-3-7(2)6-11-8-9-4-5-10-8/h2-6H2,1H3,(H2,9,10,11). The maximum Gasteiger partial charge on any atom is 0.191 e. The molecule has 0 aliphatic carbocycles. The second kappa shape index (κ2) is 4.01. The number of hydrogen-bond donors (Lipinski definition) is 2. The SMILES string of the molecule is C=C(CC)CNC1=NCCN1. The van der Waals surface area contributed by atoms with Gasteiger partial charge < -0.3 is 10.6 Å². The minimum absolute atomic E-state index is 0.836. The van der Waals surface area contributed by atoms with Crippen LogP contribution >= 0.6 is 0 Å². The Bertz CT molecular complexity index is 172. The molecule has 3 nitrogen and oxygen atoms in total. The van der Waals surface area contributed by atoms with E-state index < -0.39 is 0 Å². The Morgan fingerprint density at radius 1 is 1.82 bits per heavy atom. The van der Waals surface area contributed by atoms with Gasteiger partial charge in [-0.3, -0.25) is 4.99 Å². The molecule has 0 unspecified atom stereocenters. The van der Waals surface area contributed by atoms with Crippen molar-refractivity contribution in [3.8, 4) is 0 Å². The van der Waals surface area contributed by atoms with Crippen molar-refractivity contribution in [3.63, 3.8) is 0 Å². The van der Waals surface area contributed by atoms with E-state index in [2.05, 4.69) is 29.1 Å². The molecule has 1 aliphatic heterocycles. The van der Waals surface area contributed by atoms with Crippen molar-refractivity contribution >= 4 is 5.96 Å². The lowest BCUT2D eigenvalue weighted by molar-refractivity contribution is 0.884. The minimum Gasteiger partial charge on any atom is -0.355 e. The maximum absolute atomic E-state index is 4.20. The van der Waals surface area contributed by atoms with Gasteiger partial charge in [-0.25, -0.2) is 0 Å². The Kier molecular flexibility index (Phi) is 2.95. The lowest BCUT2D eigenvalue weighted by atomic mass is 10.2. The first-order chi connectivity index (χ1) is 5.33. The fraction of sp³-hybridized carbons (Fsp3) is 0.625. The first-order valence-corrected chi connectivity index (χ1v) is 4.01. The van der Waals surface area contributed by atoms with Crippen LogP contribution in [0.1, 0.15) is 13.3 Å². The monoisotopic (exact) mass is 153 g/mol. The van der Waals surface area contributed by atoms with Gasteiger partial charge >= 0.3 is 0 Å². The van der Waals surface area contributed by atoms with Crippen LogP contribution in [0.4, 0.5) is 0 Å². The molecule has 62 valence electrons. The zero-order chi connectivity index (χ0) is 8.10. The first kappa shape index (κ1) is 8.11. The van der Waals surface area contributed by atoms with E-state index in [9.17, 15) is 0 Å². The molecule has 0 saturated heterocycles. The lowest BCUT2D eigenvalue weighted by Crippen LogP contribution is -2.34. The average molecular weight is 153 g/mol. The summed E-state index contributed by atoms with van der Waals surface area (Å²) in [6.45, 7) is 8.68. The zero-order valence-corrected chi connectivity index (χ0v) is 6.98. The molecule has 11 heavy (non-hydrogen) atoms. The predicted octanol–water partition coefficient (Wildman–Crippen LogP) is 0.501. The van der Waals surface area contributed by atoms with Crippen LogP contribution < -0.4 is 10.6 Å². The number of nitrogens with one attached hydrogen (secondary N) is 2. The molecule has 0 aromatic rings. The highest BCUT2D eigenvalue weighted by Gasteiger charge is 2.02. The quantitative estimate of drug-likeness (QED) is 0.579. The molecule has 0 saturated carbocycles. The summed E-state index contributed by atoms with van der Waals surface area (Å²) in [5.41, 5.74) is 1.21. The van der Waals surface area contributed by atoms with Gasteiger partial charge in [0.1, 0.15) is 0 Å². The van der Waals surface area contributed by atoms with Gasteiger partial charge in [0.2, 0.25) is 0 Å². The van der Waals surface area contributed by atoms with Crippen LogP contribution in [-0.4, -0.2) is 25.6 Å². The van der Waals surface area contributed by atoms with E-state index in [1.165, 1.54) is 5.57 Å². The van der Waals surface area contributed by atoms with Gasteiger partial charge in [-0.1, -0.05) is 19.1 Å². The molecule has 0 spiro atoms. The maximum atomic E-state index is 4.20. The van der Waals surface area contributed by atoms with Crippen molar-refractivity contribution in [1.82, 2.24) is 10.6 Å². The highest BCUT2D eigenvalue weighted by atomic mass is 15.2. The Morgan fingerprint density at radius 2 is 2.64 bits per heavy atom. The van der Waals surface area contributed by atoms with Crippen LogP contribution in [0.3, 0.4) is 0 Å².